The van der Waals surface area contributed by atoms with Crippen LogP contribution in [0.2, 0.25) is 0 Å². The predicted molar refractivity (Wildman–Crippen MR) is 50.2 cm³/mol. The molecule has 0 radical (unpaired) electrons. The van der Waals surface area contributed by atoms with Crippen LogP contribution in [0.3, 0.4) is 0 Å². The average molecular weight is 196 g/mol. The fourth-order valence-electron chi connectivity index (χ4n) is 0.751. The molecule has 1 rings (SSSR count). The Kier molecular flexibility index (Phi) is 3.81. The standard InChI is InChI=1S/C7H8N4OS/c8-11-10-5-7(12)9-4-6-2-1-3-13-6/h1-3H,4-5H2,(H,9,12). The van der Waals surface area contributed by atoms with Crippen molar-refractivity contribution in [2.45, 2.75) is 6.54 Å². The lowest BCUT2D eigenvalue weighted by Gasteiger charge is -1.99. The molecule has 0 aliphatic carbocycles. The van der Waals surface area contributed by atoms with Gasteiger partial charge in [-0.2, -0.15) is 0 Å². The van der Waals surface area contributed by atoms with E-state index in [-0.39, 0.29) is 12.5 Å². The molecule has 0 fully saturated rings. The highest BCUT2D eigenvalue weighted by atomic mass is 32.1. The summed E-state index contributed by atoms with van der Waals surface area (Å²) in [5, 5.41) is 7.71. The van der Waals surface area contributed by atoms with Gasteiger partial charge < -0.3 is 5.32 Å². The number of carbonyl (C=O) groups excluding carboxylic acids is 1. The van der Waals surface area contributed by atoms with Gasteiger partial charge in [-0.3, -0.25) is 4.79 Å². The molecule has 6 heteroatoms. The number of thiophene rings is 1. The molecule has 1 aromatic heterocycles. The van der Waals surface area contributed by atoms with Crippen LogP contribution in [-0.2, 0) is 11.3 Å². The Bertz CT molecular complexity index is 315. The molecule has 0 saturated carbocycles. The third kappa shape index (κ3) is 3.59. The lowest BCUT2D eigenvalue weighted by atomic mass is 10.4. The second kappa shape index (κ2) is 5.18. The highest BCUT2D eigenvalue weighted by Crippen LogP contribution is 2.06. The number of hydrogen-bond acceptors (Lipinski definition) is 3. The van der Waals surface area contributed by atoms with E-state index in [2.05, 4.69) is 15.3 Å². The van der Waals surface area contributed by atoms with Crippen LogP contribution in [-0.4, -0.2) is 12.5 Å². The van der Waals surface area contributed by atoms with E-state index < -0.39 is 0 Å². The van der Waals surface area contributed by atoms with Crippen molar-refractivity contribution in [1.29, 1.82) is 0 Å². The van der Waals surface area contributed by atoms with Gasteiger partial charge in [-0.05, 0) is 17.0 Å². The molecule has 1 heterocycles. The van der Waals surface area contributed by atoms with Gasteiger partial charge in [-0.1, -0.05) is 11.2 Å². The number of azide groups is 1. The summed E-state index contributed by atoms with van der Waals surface area (Å²) < 4.78 is 0. The van der Waals surface area contributed by atoms with Gasteiger partial charge in [0.1, 0.15) is 6.54 Å². The molecule has 1 N–H and O–H groups in total. The maximum absolute atomic E-state index is 10.9. The molecule has 0 saturated heterocycles. The second-order valence-corrected chi connectivity index (χ2v) is 3.28. The molecule has 0 unspecified atom stereocenters. The lowest BCUT2D eigenvalue weighted by molar-refractivity contribution is -0.119. The lowest BCUT2D eigenvalue weighted by Crippen LogP contribution is -2.24. The van der Waals surface area contributed by atoms with Gasteiger partial charge in [0.15, 0.2) is 0 Å². The minimum absolute atomic E-state index is 0.137. The number of carbonyl (C=O) groups is 1. The average Bonchev–Trinajstić information content (AvgIpc) is 2.64. The highest BCUT2D eigenvalue weighted by molar-refractivity contribution is 7.09. The normalized spacial score (nSPS) is 8.92. The van der Waals surface area contributed by atoms with E-state index in [4.69, 9.17) is 5.53 Å². The smallest absolute Gasteiger partial charge is 0.226 e. The molecule has 0 atom stereocenters. The Balaban J connectivity index is 2.26. The molecule has 0 aliphatic rings. The van der Waals surface area contributed by atoms with Crippen LogP contribution in [0.5, 0.6) is 0 Å². The van der Waals surface area contributed by atoms with Crippen molar-refractivity contribution >= 4 is 17.2 Å². The quantitative estimate of drug-likeness (QED) is 0.443. The number of rotatable bonds is 4. The van der Waals surface area contributed by atoms with Crippen molar-refractivity contribution in [3.8, 4) is 0 Å². The molecule has 0 bridgehead atoms. The van der Waals surface area contributed by atoms with Gasteiger partial charge in [0.05, 0.1) is 6.54 Å². The Hall–Kier alpha value is -1.52. The summed E-state index contributed by atoms with van der Waals surface area (Å²) in [6, 6.07) is 3.85. The molecule has 5 nitrogen and oxygen atoms in total. The first-order valence-corrected chi connectivity index (χ1v) is 4.51. The van der Waals surface area contributed by atoms with E-state index in [1.54, 1.807) is 11.3 Å². The molecule has 1 amide bonds. The minimum Gasteiger partial charge on any atom is -0.351 e. The highest BCUT2D eigenvalue weighted by Gasteiger charge is 1.98. The first kappa shape index (κ1) is 9.57. The molecular weight excluding hydrogens is 188 g/mol. The molecule has 1 aromatic rings. The van der Waals surface area contributed by atoms with E-state index in [1.807, 2.05) is 17.5 Å². The van der Waals surface area contributed by atoms with Crippen LogP contribution in [0.15, 0.2) is 22.6 Å². The Labute approximate surface area is 79.0 Å². The molecule has 0 spiro atoms. The molecule has 68 valence electrons. The van der Waals surface area contributed by atoms with E-state index in [1.165, 1.54) is 0 Å². The van der Waals surface area contributed by atoms with Crippen molar-refractivity contribution in [3.63, 3.8) is 0 Å². The second-order valence-electron chi connectivity index (χ2n) is 2.25. The van der Waals surface area contributed by atoms with Crippen LogP contribution >= 0.6 is 11.3 Å². The van der Waals surface area contributed by atoms with Crippen molar-refractivity contribution in [2.24, 2.45) is 5.11 Å². The van der Waals surface area contributed by atoms with Crippen LogP contribution in [0.4, 0.5) is 0 Å². The van der Waals surface area contributed by atoms with E-state index in [9.17, 15) is 4.79 Å². The largest absolute Gasteiger partial charge is 0.351 e. The van der Waals surface area contributed by atoms with Crippen LogP contribution < -0.4 is 5.32 Å². The summed E-state index contributed by atoms with van der Waals surface area (Å²) in [5.74, 6) is -0.258. The third-order valence-corrected chi connectivity index (χ3v) is 2.19. The topological polar surface area (TPSA) is 77.9 Å². The zero-order valence-corrected chi connectivity index (χ0v) is 7.62. The van der Waals surface area contributed by atoms with Gasteiger partial charge in [-0.15, -0.1) is 11.3 Å². The van der Waals surface area contributed by atoms with Crippen molar-refractivity contribution < 1.29 is 4.79 Å². The SMILES string of the molecule is [N-]=[N+]=NCC(=O)NCc1cccs1. The minimum atomic E-state index is -0.258. The van der Waals surface area contributed by atoms with Gasteiger partial charge in [0.2, 0.25) is 5.91 Å². The number of amides is 1. The maximum atomic E-state index is 10.9. The molecule has 0 aliphatic heterocycles. The zero-order chi connectivity index (χ0) is 9.52. The number of nitrogens with zero attached hydrogens (tertiary/aromatic N) is 3. The van der Waals surface area contributed by atoms with Gasteiger partial charge >= 0.3 is 0 Å². The summed E-state index contributed by atoms with van der Waals surface area (Å²) in [6.07, 6.45) is 0. The Morgan fingerprint density at radius 3 is 3.23 bits per heavy atom. The van der Waals surface area contributed by atoms with Crippen LogP contribution in [0.1, 0.15) is 4.88 Å². The zero-order valence-electron chi connectivity index (χ0n) is 6.80. The van der Waals surface area contributed by atoms with Crippen molar-refractivity contribution in [2.75, 3.05) is 6.54 Å². The molecule has 0 aromatic carbocycles. The van der Waals surface area contributed by atoms with Gasteiger partial charge in [-0.25, -0.2) is 0 Å². The summed E-state index contributed by atoms with van der Waals surface area (Å²) in [4.78, 5) is 14.5. The van der Waals surface area contributed by atoms with Gasteiger partial charge in [0, 0.05) is 9.79 Å². The maximum Gasteiger partial charge on any atom is 0.226 e. The first-order valence-electron chi connectivity index (χ1n) is 3.63. The van der Waals surface area contributed by atoms with E-state index >= 15 is 0 Å². The van der Waals surface area contributed by atoms with E-state index in [0.29, 0.717) is 6.54 Å². The first-order chi connectivity index (χ1) is 6.33. The number of hydrogen-bond donors (Lipinski definition) is 1. The predicted octanol–water partition coefficient (Wildman–Crippen LogP) is 1.67. The molecule has 13 heavy (non-hydrogen) atoms. The number of nitrogens with one attached hydrogen (secondary N) is 1. The fourth-order valence-corrected chi connectivity index (χ4v) is 1.40. The Morgan fingerprint density at radius 2 is 2.62 bits per heavy atom. The third-order valence-electron chi connectivity index (χ3n) is 1.32. The fraction of sp³-hybridized carbons (Fsp3) is 0.286. The van der Waals surface area contributed by atoms with Crippen molar-refractivity contribution in [3.05, 3.63) is 32.8 Å². The van der Waals surface area contributed by atoms with Gasteiger partial charge in [0.25, 0.3) is 0 Å². The summed E-state index contributed by atoms with van der Waals surface area (Å²) in [6.45, 7) is 0.360. The van der Waals surface area contributed by atoms with Crippen LogP contribution in [0, 0.1) is 0 Å². The molecular formula is C7H8N4OS. The van der Waals surface area contributed by atoms with Crippen LogP contribution in [0.25, 0.3) is 10.4 Å². The summed E-state index contributed by atoms with van der Waals surface area (Å²) in [7, 11) is 0. The summed E-state index contributed by atoms with van der Waals surface area (Å²) >= 11 is 1.57. The monoisotopic (exact) mass is 196 g/mol. The Morgan fingerprint density at radius 1 is 1.77 bits per heavy atom. The van der Waals surface area contributed by atoms with Crippen molar-refractivity contribution in [1.82, 2.24) is 5.32 Å². The van der Waals surface area contributed by atoms with E-state index in [0.717, 1.165) is 4.88 Å². The summed E-state index contributed by atoms with van der Waals surface area (Å²) in [5.41, 5.74) is 7.95.